The van der Waals surface area contributed by atoms with E-state index in [0.717, 1.165) is 22.3 Å². The number of sulfone groups is 1. The van der Waals surface area contributed by atoms with E-state index in [4.69, 9.17) is 4.52 Å². The molecule has 0 radical (unpaired) electrons. The van der Waals surface area contributed by atoms with Gasteiger partial charge < -0.3 is 9.42 Å². The number of rotatable bonds is 5. The topological polar surface area (TPSA) is 80.5 Å². The van der Waals surface area contributed by atoms with Crippen LogP contribution in [0.5, 0.6) is 0 Å². The molecule has 1 aliphatic rings. The lowest BCUT2D eigenvalue weighted by Gasteiger charge is -2.27. The van der Waals surface area contributed by atoms with Gasteiger partial charge in [0.1, 0.15) is 0 Å². The summed E-state index contributed by atoms with van der Waals surface area (Å²) in [5, 5.41) is 4.01. The van der Waals surface area contributed by atoms with Gasteiger partial charge in [0.25, 0.3) is 5.91 Å². The maximum absolute atomic E-state index is 13.4. The van der Waals surface area contributed by atoms with Gasteiger partial charge in [-0.2, -0.15) is 0 Å². The summed E-state index contributed by atoms with van der Waals surface area (Å²) in [7, 11) is -3.14. The van der Waals surface area contributed by atoms with E-state index < -0.39 is 9.84 Å². The molecule has 1 aromatic heterocycles. The van der Waals surface area contributed by atoms with Crippen molar-refractivity contribution >= 4 is 15.7 Å². The Morgan fingerprint density at radius 2 is 1.81 bits per heavy atom. The lowest BCUT2D eigenvalue weighted by Crippen LogP contribution is -2.40. The number of amides is 1. The van der Waals surface area contributed by atoms with Crippen LogP contribution in [0.3, 0.4) is 0 Å². The average Bonchev–Trinajstić information content (AvgIpc) is 3.36. The molecule has 2 heterocycles. The Hall–Kier alpha value is -2.93. The third-order valence-corrected chi connectivity index (χ3v) is 7.65. The number of hydrogen-bond acceptors (Lipinski definition) is 5. The highest BCUT2D eigenvalue weighted by Gasteiger charge is 2.36. The maximum atomic E-state index is 13.4. The lowest BCUT2D eigenvalue weighted by atomic mass is 10.0. The molecule has 1 aliphatic heterocycles. The Morgan fingerprint density at radius 1 is 1.06 bits per heavy atom. The van der Waals surface area contributed by atoms with Crippen LogP contribution in [0.15, 0.2) is 53.1 Å². The second-order valence-electron chi connectivity index (χ2n) is 8.35. The average molecular weight is 439 g/mol. The van der Waals surface area contributed by atoms with Gasteiger partial charge in [0.05, 0.1) is 11.5 Å². The van der Waals surface area contributed by atoms with Crippen molar-refractivity contribution in [2.45, 2.75) is 39.8 Å². The molecule has 2 aromatic carbocycles. The van der Waals surface area contributed by atoms with Crippen molar-refractivity contribution in [2.75, 3.05) is 11.5 Å². The molecular weight excluding hydrogens is 412 g/mol. The molecule has 0 spiro atoms. The molecule has 3 aromatic rings. The first-order valence-electron chi connectivity index (χ1n) is 10.3. The summed E-state index contributed by atoms with van der Waals surface area (Å²) in [4.78, 5) is 15.0. The molecule has 0 bridgehead atoms. The van der Waals surface area contributed by atoms with E-state index in [1.807, 2.05) is 63.2 Å². The van der Waals surface area contributed by atoms with Gasteiger partial charge in [-0.3, -0.25) is 4.79 Å². The molecule has 7 heteroatoms. The van der Waals surface area contributed by atoms with Crippen molar-refractivity contribution in [1.29, 1.82) is 0 Å². The first kappa shape index (κ1) is 21.3. The zero-order chi connectivity index (χ0) is 22.2. The van der Waals surface area contributed by atoms with Gasteiger partial charge in [-0.25, -0.2) is 8.42 Å². The van der Waals surface area contributed by atoms with Gasteiger partial charge in [-0.1, -0.05) is 47.1 Å². The summed E-state index contributed by atoms with van der Waals surface area (Å²) >= 11 is 0. The van der Waals surface area contributed by atoms with E-state index in [2.05, 4.69) is 5.16 Å². The third kappa shape index (κ3) is 4.71. The minimum absolute atomic E-state index is 0.0214. The monoisotopic (exact) mass is 438 g/mol. The molecular formula is C24H26N2O4S. The highest BCUT2D eigenvalue weighted by atomic mass is 32.2. The Balaban J connectivity index is 1.63. The van der Waals surface area contributed by atoms with Gasteiger partial charge in [-0.15, -0.1) is 0 Å². The highest BCUT2D eigenvalue weighted by Crippen LogP contribution is 2.26. The van der Waals surface area contributed by atoms with Gasteiger partial charge in [0.15, 0.2) is 21.3 Å². The second-order valence-corrected chi connectivity index (χ2v) is 10.6. The van der Waals surface area contributed by atoms with Crippen LogP contribution in [-0.4, -0.2) is 41.9 Å². The quantitative estimate of drug-likeness (QED) is 0.599. The van der Waals surface area contributed by atoms with Gasteiger partial charge >= 0.3 is 0 Å². The Bertz CT molecular complexity index is 1210. The summed E-state index contributed by atoms with van der Waals surface area (Å²) < 4.78 is 29.6. The van der Waals surface area contributed by atoms with Crippen molar-refractivity contribution in [2.24, 2.45) is 0 Å². The van der Waals surface area contributed by atoms with E-state index in [0.29, 0.717) is 18.7 Å². The zero-order valence-electron chi connectivity index (χ0n) is 18.0. The van der Waals surface area contributed by atoms with Crippen LogP contribution in [0.1, 0.15) is 39.2 Å². The predicted octanol–water partition coefficient (Wildman–Crippen LogP) is 4.10. The predicted molar refractivity (Wildman–Crippen MR) is 120 cm³/mol. The molecule has 1 saturated heterocycles. The summed E-state index contributed by atoms with van der Waals surface area (Å²) in [5.74, 6) is 0.274. The SMILES string of the molecule is Cc1ccc(CN(C(=O)c2cc(-c3ccc(C)c(C)c3)on2)[C@@H]2CCS(=O)(=O)C2)cc1. The van der Waals surface area contributed by atoms with E-state index >= 15 is 0 Å². The summed E-state index contributed by atoms with van der Waals surface area (Å²) in [5.41, 5.74) is 5.40. The summed E-state index contributed by atoms with van der Waals surface area (Å²) in [6, 6.07) is 15.1. The van der Waals surface area contributed by atoms with Crippen molar-refractivity contribution < 1.29 is 17.7 Å². The lowest BCUT2D eigenvalue weighted by molar-refractivity contribution is 0.0670. The minimum Gasteiger partial charge on any atom is -0.355 e. The van der Waals surface area contributed by atoms with Gasteiger partial charge in [-0.05, 0) is 49.9 Å². The van der Waals surface area contributed by atoms with Crippen molar-refractivity contribution in [1.82, 2.24) is 10.1 Å². The largest absolute Gasteiger partial charge is 0.355 e. The molecule has 0 aliphatic carbocycles. The van der Waals surface area contributed by atoms with Crippen LogP contribution < -0.4 is 0 Å². The van der Waals surface area contributed by atoms with Gasteiger partial charge in [0.2, 0.25) is 0 Å². The number of hydrogen-bond donors (Lipinski definition) is 0. The number of carbonyl (C=O) groups is 1. The van der Waals surface area contributed by atoms with E-state index in [-0.39, 0.29) is 29.1 Å². The number of aryl methyl sites for hydroxylation is 3. The van der Waals surface area contributed by atoms with Crippen LogP contribution in [0.2, 0.25) is 0 Å². The van der Waals surface area contributed by atoms with Crippen LogP contribution >= 0.6 is 0 Å². The summed E-state index contributed by atoms with van der Waals surface area (Å²) in [6.07, 6.45) is 0.432. The fourth-order valence-corrected chi connectivity index (χ4v) is 5.56. The fourth-order valence-electron chi connectivity index (χ4n) is 3.83. The van der Waals surface area contributed by atoms with Crippen LogP contribution in [0.25, 0.3) is 11.3 Å². The molecule has 1 fully saturated rings. The number of aromatic nitrogens is 1. The standard InChI is InChI=1S/C24H26N2O4S/c1-16-4-7-19(8-5-16)14-26(21-10-11-31(28,29)15-21)24(27)22-13-23(30-25-22)20-9-6-17(2)18(3)12-20/h4-9,12-13,21H,10-11,14-15H2,1-3H3/t21-/m1/s1. The molecule has 0 N–H and O–H groups in total. The maximum Gasteiger partial charge on any atom is 0.276 e. The van der Waals surface area contributed by atoms with Crippen LogP contribution in [-0.2, 0) is 16.4 Å². The van der Waals surface area contributed by atoms with E-state index in [1.165, 1.54) is 5.56 Å². The van der Waals surface area contributed by atoms with Crippen LogP contribution in [0.4, 0.5) is 0 Å². The molecule has 1 atom stereocenters. The first-order valence-corrected chi connectivity index (χ1v) is 12.2. The Morgan fingerprint density at radius 3 is 2.45 bits per heavy atom. The van der Waals surface area contributed by atoms with E-state index in [1.54, 1.807) is 11.0 Å². The molecule has 162 valence electrons. The second kappa shape index (κ2) is 8.30. The Labute approximate surface area is 182 Å². The third-order valence-electron chi connectivity index (χ3n) is 5.90. The number of nitrogens with zero attached hydrogens (tertiary/aromatic N) is 2. The molecule has 0 saturated carbocycles. The van der Waals surface area contributed by atoms with Crippen molar-refractivity contribution in [3.05, 3.63) is 76.5 Å². The fraction of sp³-hybridized carbons (Fsp3) is 0.333. The minimum atomic E-state index is -3.14. The number of carbonyl (C=O) groups excluding carboxylic acids is 1. The smallest absolute Gasteiger partial charge is 0.276 e. The molecule has 1 amide bonds. The first-order chi connectivity index (χ1) is 14.7. The summed E-state index contributed by atoms with van der Waals surface area (Å²) in [6.45, 7) is 6.38. The van der Waals surface area contributed by atoms with Crippen molar-refractivity contribution in [3.8, 4) is 11.3 Å². The van der Waals surface area contributed by atoms with Gasteiger partial charge in [0, 0.05) is 24.2 Å². The number of benzene rings is 2. The zero-order valence-corrected chi connectivity index (χ0v) is 18.8. The van der Waals surface area contributed by atoms with Crippen molar-refractivity contribution in [3.63, 3.8) is 0 Å². The Kier molecular flexibility index (Phi) is 5.71. The molecule has 0 unspecified atom stereocenters. The molecule has 4 rings (SSSR count). The van der Waals surface area contributed by atoms with Crippen LogP contribution in [0, 0.1) is 20.8 Å². The normalized spacial score (nSPS) is 17.6. The highest BCUT2D eigenvalue weighted by molar-refractivity contribution is 7.91. The molecule has 6 nitrogen and oxygen atoms in total. The molecule has 31 heavy (non-hydrogen) atoms. The van der Waals surface area contributed by atoms with E-state index in [9.17, 15) is 13.2 Å².